The number of nitrogens with one attached hydrogen (secondary N) is 2. The molecule has 0 bridgehead atoms. The molecule has 1 unspecified atom stereocenters. The number of alkyl halides is 2. The summed E-state index contributed by atoms with van der Waals surface area (Å²) in [6.07, 6.45) is 0. The molecule has 1 fully saturated rings. The predicted molar refractivity (Wildman–Crippen MR) is 141 cm³/mol. The largest absolute Gasteiger partial charge is 0.399 e. The first kappa shape index (κ1) is 27.0. The van der Waals surface area contributed by atoms with Gasteiger partial charge in [-0.2, -0.15) is 0 Å². The Balaban J connectivity index is 1.54. The molecule has 2 amide bonds. The van der Waals surface area contributed by atoms with E-state index in [0.717, 1.165) is 12.1 Å². The van der Waals surface area contributed by atoms with Crippen molar-refractivity contribution >= 4 is 98.5 Å². The molecule has 188 valence electrons. The number of carbonyl (C=O) groups is 2. The zero-order valence-electron chi connectivity index (χ0n) is 17.6. The third-order valence-electron chi connectivity index (χ3n) is 5.48. The number of hydrogen-bond acceptors (Lipinski definition) is 3. The second-order valence-corrected chi connectivity index (χ2v) is 11.0. The summed E-state index contributed by atoms with van der Waals surface area (Å²) in [6, 6.07) is 8.75. The van der Waals surface area contributed by atoms with Crippen molar-refractivity contribution < 1.29 is 18.4 Å². The number of amides is 2. The topological polar surface area (TPSA) is 84.2 Å². The fourth-order valence-corrected chi connectivity index (χ4v) is 5.36. The van der Waals surface area contributed by atoms with Crippen LogP contribution in [0.3, 0.4) is 0 Å². The third-order valence-corrected chi connectivity index (χ3v) is 7.95. The Morgan fingerprint density at radius 1 is 0.861 bits per heavy atom. The molecule has 2 atom stereocenters. The molecule has 0 saturated heterocycles. The summed E-state index contributed by atoms with van der Waals surface area (Å²) in [5.41, 5.74) is 5.06. The van der Waals surface area contributed by atoms with E-state index in [1.807, 2.05) is 0 Å². The van der Waals surface area contributed by atoms with Crippen molar-refractivity contribution in [3.63, 3.8) is 0 Å². The highest BCUT2D eigenvalue weighted by molar-refractivity contribution is 6.54. The van der Waals surface area contributed by atoms with E-state index in [2.05, 4.69) is 10.6 Å². The molecule has 0 aliphatic heterocycles. The summed E-state index contributed by atoms with van der Waals surface area (Å²) in [7, 11) is 0. The number of benzene rings is 3. The Labute approximate surface area is 233 Å². The first-order valence-corrected chi connectivity index (χ1v) is 12.3. The van der Waals surface area contributed by atoms with E-state index >= 15 is 0 Å². The summed E-state index contributed by atoms with van der Waals surface area (Å²) >= 11 is 37.0. The van der Waals surface area contributed by atoms with Gasteiger partial charge in [-0.25, -0.2) is 8.78 Å². The van der Waals surface area contributed by atoms with Crippen molar-refractivity contribution in [2.45, 2.75) is 10.3 Å². The van der Waals surface area contributed by atoms with Crippen LogP contribution in [0.5, 0.6) is 0 Å². The van der Waals surface area contributed by atoms with Gasteiger partial charge in [0.25, 0.3) is 5.91 Å². The van der Waals surface area contributed by atoms with Crippen LogP contribution in [0.1, 0.15) is 21.8 Å². The zero-order chi connectivity index (χ0) is 26.5. The van der Waals surface area contributed by atoms with E-state index in [-0.39, 0.29) is 37.0 Å². The summed E-state index contributed by atoms with van der Waals surface area (Å²) < 4.78 is 26.7. The number of hydrogen-bond donors (Lipinski definition) is 3. The first-order valence-electron chi connectivity index (χ1n) is 9.99. The van der Waals surface area contributed by atoms with Crippen LogP contribution in [0.25, 0.3) is 0 Å². The predicted octanol–water partition coefficient (Wildman–Crippen LogP) is 7.94. The van der Waals surface area contributed by atoms with Crippen LogP contribution in [0.15, 0.2) is 42.5 Å². The molecule has 4 N–H and O–H groups in total. The van der Waals surface area contributed by atoms with Gasteiger partial charge in [0.15, 0.2) is 11.6 Å². The van der Waals surface area contributed by atoms with Crippen LogP contribution in [-0.2, 0) is 4.79 Å². The van der Waals surface area contributed by atoms with E-state index in [1.165, 1.54) is 30.3 Å². The molecule has 0 radical (unpaired) electrons. The maximum Gasteiger partial charge on any atom is 0.257 e. The minimum absolute atomic E-state index is 0.0273. The Morgan fingerprint density at radius 2 is 1.44 bits per heavy atom. The number of rotatable bonds is 5. The van der Waals surface area contributed by atoms with Crippen molar-refractivity contribution in [2.75, 3.05) is 16.4 Å². The monoisotopic (exact) mass is 611 g/mol. The average Bonchev–Trinajstić information content (AvgIpc) is 3.37. The first-order chi connectivity index (χ1) is 16.8. The Bertz CT molecular complexity index is 1370. The van der Waals surface area contributed by atoms with Crippen LogP contribution in [0.2, 0.25) is 20.1 Å². The molecule has 0 heterocycles. The highest BCUT2D eigenvalue weighted by atomic mass is 35.5. The molecule has 13 heteroatoms. The summed E-state index contributed by atoms with van der Waals surface area (Å²) in [6.45, 7) is 0. The van der Waals surface area contributed by atoms with E-state index in [4.69, 9.17) is 75.3 Å². The van der Waals surface area contributed by atoms with Gasteiger partial charge in [0, 0.05) is 17.3 Å². The van der Waals surface area contributed by atoms with Gasteiger partial charge in [-0.15, -0.1) is 23.2 Å². The Morgan fingerprint density at radius 3 is 2.03 bits per heavy atom. The molecule has 1 saturated carbocycles. The van der Waals surface area contributed by atoms with Crippen molar-refractivity contribution in [1.29, 1.82) is 0 Å². The number of nitrogens with two attached hydrogens (primary N) is 1. The second kappa shape index (κ2) is 10.0. The SMILES string of the molecule is Nc1cc(F)c(NC(=O)c2cc(NC(=O)C3[C@H](c4cc(Cl)c(Cl)c(Cl)c4)C3(Cl)Cl)ccc2Cl)c(F)c1. The smallest absolute Gasteiger partial charge is 0.257 e. The number of carbonyl (C=O) groups excluding carboxylic acids is 2. The second-order valence-electron chi connectivity index (χ2n) is 7.93. The zero-order valence-corrected chi connectivity index (χ0v) is 22.1. The molecule has 0 spiro atoms. The fraction of sp³-hybridized carbons (Fsp3) is 0.130. The summed E-state index contributed by atoms with van der Waals surface area (Å²) in [5.74, 6) is -5.14. The molecule has 3 aromatic rings. The molecular formula is C23H13Cl6F2N3O2. The lowest BCUT2D eigenvalue weighted by Crippen LogP contribution is -2.19. The van der Waals surface area contributed by atoms with E-state index in [0.29, 0.717) is 5.56 Å². The van der Waals surface area contributed by atoms with Gasteiger partial charge in [-0.05, 0) is 48.0 Å². The Hall–Kier alpha value is -2.00. The van der Waals surface area contributed by atoms with Crippen LogP contribution >= 0.6 is 69.6 Å². The Kier molecular flexibility index (Phi) is 7.55. The highest BCUT2D eigenvalue weighted by Crippen LogP contribution is 2.65. The number of anilines is 3. The fourth-order valence-electron chi connectivity index (χ4n) is 3.71. The normalized spacial score (nSPS) is 18.0. The molecule has 36 heavy (non-hydrogen) atoms. The van der Waals surface area contributed by atoms with Gasteiger partial charge in [-0.1, -0.05) is 46.4 Å². The van der Waals surface area contributed by atoms with E-state index < -0.39 is 45.3 Å². The average molecular weight is 614 g/mol. The third kappa shape index (κ3) is 5.19. The molecule has 3 aromatic carbocycles. The van der Waals surface area contributed by atoms with Gasteiger partial charge in [0.2, 0.25) is 5.91 Å². The van der Waals surface area contributed by atoms with Gasteiger partial charge >= 0.3 is 0 Å². The van der Waals surface area contributed by atoms with Crippen LogP contribution in [0, 0.1) is 17.6 Å². The molecule has 4 rings (SSSR count). The van der Waals surface area contributed by atoms with Crippen LogP contribution < -0.4 is 16.4 Å². The number of nitrogen functional groups attached to an aromatic ring is 1. The van der Waals surface area contributed by atoms with Gasteiger partial charge in [0.1, 0.15) is 10.0 Å². The molecular weight excluding hydrogens is 601 g/mol. The van der Waals surface area contributed by atoms with Crippen molar-refractivity contribution in [1.82, 2.24) is 0 Å². The molecule has 0 aromatic heterocycles. The van der Waals surface area contributed by atoms with Crippen molar-refractivity contribution in [2.24, 2.45) is 5.92 Å². The standard InChI is InChI=1S/C23H13Cl6F2N3O2/c24-12-2-1-10(7-11(12)21(35)34-20-15(30)5-9(32)6-16(20)31)33-22(36)18-17(23(18,28)29)8-3-13(25)19(27)14(26)4-8/h1-7,17-18H,32H2,(H,33,36)(H,34,35)/t17-,18?/m0/s1. The van der Waals surface area contributed by atoms with Gasteiger partial charge in [-0.3, -0.25) is 9.59 Å². The highest BCUT2D eigenvalue weighted by Gasteiger charge is 2.67. The molecule has 5 nitrogen and oxygen atoms in total. The van der Waals surface area contributed by atoms with Crippen LogP contribution in [-0.4, -0.2) is 16.1 Å². The minimum atomic E-state index is -1.46. The lowest BCUT2D eigenvalue weighted by atomic mass is 10.1. The van der Waals surface area contributed by atoms with Crippen molar-refractivity contribution in [3.05, 3.63) is 85.3 Å². The van der Waals surface area contributed by atoms with E-state index in [1.54, 1.807) is 0 Å². The maximum absolute atomic E-state index is 14.1. The van der Waals surface area contributed by atoms with Crippen LogP contribution in [0.4, 0.5) is 25.8 Å². The summed E-state index contributed by atoms with van der Waals surface area (Å²) in [5, 5.41) is 5.21. The lowest BCUT2D eigenvalue weighted by Gasteiger charge is -2.12. The molecule has 1 aliphatic carbocycles. The molecule has 1 aliphatic rings. The maximum atomic E-state index is 14.1. The van der Waals surface area contributed by atoms with E-state index in [9.17, 15) is 18.4 Å². The van der Waals surface area contributed by atoms with Crippen molar-refractivity contribution in [3.8, 4) is 0 Å². The minimum Gasteiger partial charge on any atom is -0.399 e. The lowest BCUT2D eigenvalue weighted by molar-refractivity contribution is -0.117. The summed E-state index contributed by atoms with van der Waals surface area (Å²) in [4.78, 5) is 25.7. The van der Waals surface area contributed by atoms with Gasteiger partial charge < -0.3 is 16.4 Å². The van der Waals surface area contributed by atoms with Gasteiger partial charge in [0.05, 0.1) is 31.6 Å². The quantitative estimate of drug-likeness (QED) is 0.155. The number of halogens is 8.